The van der Waals surface area contributed by atoms with Gasteiger partial charge in [-0.05, 0) is 6.07 Å². The molecule has 0 atom stereocenters. The van der Waals surface area contributed by atoms with E-state index in [2.05, 4.69) is 10.1 Å². The van der Waals surface area contributed by atoms with Crippen LogP contribution in [0.4, 0.5) is 0 Å². The van der Waals surface area contributed by atoms with Crippen molar-refractivity contribution in [1.29, 1.82) is 0 Å². The largest absolute Gasteiger partial charge is 0.496 e. The van der Waals surface area contributed by atoms with Crippen LogP contribution in [-0.2, 0) is 27.2 Å². The highest BCUT2D eigenvalue weighted by molar-refractivity contribution is 5.70. The number of aryl methyl sites for hydroxylation is 1. The zero-order valence-corrected chi connectivity index (χ0v) is 16.0. The number of ether oxygens (including phenoxy) is 1. The Morgan fingerprint density at radius 3 is 2.59 bits per heavy atom. The summed E-state index contributed by atoms with van der Waals surface area (Å²) in [6, 6.07) is 7.28. The summed E-state index contributed by atoms with van der Waals surface area (Å²) >= 11 is 0. The molecule has 11 heteroatoms. The van der Waals surface area contributed by atoms with E-state index in [9.17, 15) is 14.4 Å². The maximum atomic E-state index is 12.5. The average Bonchev–Trinajstić information content (AvgIpc) is 3.29. The minimum Gasteiger partial charge on any atom is -0.496 e. The molecular formula is C18H18N6O5. The van der Waals surface area contributed by atoms with Crippen LogP contribution < -0.4 is 21.7 Å². The van der Waals surface area contributed by atoms with E-state index in [1.54, 1.807) is 13.2 Å². The molecule has 0 radical (unpaired) electrons. The minimum atomic E-state index is -0.629. The first-order chi connectivity index (χ1) is 13.9. The van der Waals surface area contributed by atoms with Crippen molar-refractivity contribution in [2.75, 3.05) is 7.11 Å². The Hall–Kier alpha value is -3.89. The van der Waals surface area contributed by atoms with Crippen LogP contribution in [0.1, 0.15) is 11.5 Å². The molecule has 0 fully saturated rings. The maximum absolute atomic E-state index is 12.5. The molecule has 0 amide bonds. The first kappa shape index (κ1) is 18.5. The Morgan fingerprint density at radius 2 is 1.83 bits per heavy atom. The summed E-state index contributed by atoms with van der Waals surface area (Å²) < 4.78 is 15.5. The van der Waals surface area contributed by atoms with Crippen molar-refractivity contribution in [3.8, 4) is 5.75 Å². The van der Waals surface area contributed by atoms with Gasteiger partial charge in [0.25, 0.3) is 5.56 Å². The first-order valence-corrected chi connectivity index (χ1v) is 8.70. The van der Waals surface area contributed by atoms with Gasteiger partial charge in [0, 0.05) is 19.7 Å². The number of benzene rings is 1. The summed E-state index contributed by atoms with van der Waals surface area (Å²) in [5.41, 5.74) is 0.274. The van der Waals surface area contributed by atoms with Gasteiger partial charge < -0.3 is 13.7 Å². The van der Waals surface area contributed by atoms with Crippen LogP contribution in [-0.4, -0.2) is 35.6 Å². The fourth-order valence-electron chi connectivity index (χ4n) is 3.17. The van der Waals surface area contributed by atoms with E-state index in [-0.39, 0.29) is 30.1 Å². The summed E-state index contributed by atoms with van der Waals surface area (Å²) in [5, 5.41) is 4.21. The molecule has 0 aliphatic heterocycles. The molecule has 0 saturated heterocycles. The quantitative estimate of drug-likeness (QED) is 0.452. The molecular weight excluding hydrogens is 380 g/mol. The van der Waals surface area contributed by atoms with Gasteiger partial charge in [-0.15, -0.1) is 5.10 Å². The third-order valence-electron chi connectivity index (χ3n) is 4.68. The smallest absolute Gasteiger partial charge is 0.437 e. The fraction of sp³-hybridized carbons (Fsp3) is 0.278. The lowest BCUT2D eigenvalue weighted by Crippen LogP contribution is -2.37. The predicted molar refractivity (Wildman–Crippen MR) is 102 cm³/mol. The molecule has 11 nitrogen and oxygen atoms in total. The van der Waals surface area contributed by atoms with E-state index in [0.29, 0.717) is 5.75 Å². The zero-order valence-electron chi connectivity index (χ0n) is 16.0. The summed E-state index contributed by atoms with van der Waals surface area (Å²) in [7, 11) is 4.47. The molecule has 0 spiro atoms. The van der Waals surface area contributed by atoms with Crippen LogP contribution in [0.15, 0.2) is 49.4 Å². The third-order valence-corrected chi connectivity index (χ3v) is 4.68. The van der Waals surface area contributed by atoms with Gasteiger partial charge in [0.15, 0.2) is 11.2 Å². The third kappa shape index (κ3) is 3.06. The van der Waals surface area contributed by atoms with E-state index >= 15 is 0 Å². The minimum absolute atomic E-state index is 0.0120. The number of hydrogen-bond donors (Lipinski definition) is 0. The van der Waals surface area contributed by atoms with E-state index < -0.39 is 17.0 Å². The molecule has 0 N–H and O–H groups in total. The van der Waals surface area contributed by atoms with E-state index in [1.165, 1.54) is 34.2 Å². The molecule has 0 saturated carbocycles. The number of hydrogen-bond acceptors (Lipinski definition) is 7. The Bertz CT molecular complexity index is 1390. The number of nitrogens with zero attached hydrogens (tertiary/aromatic N) is 6. The van der Waals surface area contributed by atoms with Gasteiger partial charge in [0.2, 0.25) is 5.89 Å². The first-order valence-electron chi connectivity index (χ1n) is 8.70. The van der Waals surface area contributed by atoms with Crippen LogP contribution in [0, 0.1) is 0 Å². The monoisotopic (exact) mass is 398 g/mol. The van der Waals surface area contributed by atoms with Crippen molar-refractivity contribution in [3.05, 3.63) is 73.4 Å². The number of para-hydroxylation sites is 1. The molecule has 4 rings (SSSR count). The van der Waals surface area contributed by atoms with Crippen molar-refractivity contribution in [2.45, 2.75) is 13.1 Å². The van der Waals surface area contributed by atoms with Gasteiger partial charge in [-0.25, -0.2) is 14.6 Å². The van der Waals surface area contributed by atoms with Crippen molar-refractivity contribution in [1.82, 2.24) is 28.5 Å². The molecule has 29 heavy (non-hydrogen) atoms. The summed E-state index contributed by atoms with van der Waals surface area (Å²) in [6.07, 6.45) is 1.41. The average molecular weight is 398 g/mol. The van der Waals surface area contributed by atoms with Crippen molar-refractivity contribution in [2.24, 2.45) is 14.1 Å². The Balaban J connectivity index is 1.70. The van der Waals surface area contributed by atoms with Gasteiger partial charge in [-0.3, -0.25) is 13.9 Å². The van der Waals surface area contributed by atoms with E-state index in [0.717, 1.165) is 10.1 Å². The molecule has 150 valence electrons. The number of imidazole rings is 1. The normalized spacial score (nSPS) is 11.3. The highest BCUT2D eigenvalue weighted by Crippen LogP contribution is 2.17. The van der Waals surface area contributed by atoms with Crippen molar-refractivity contribution >= 4 is 11.2 Å². The lowest BCUT2D eigenvalue weighted by Gasteiger charge is -2.06. The van der Waals surface area contributed by atoms with Crippen LogP contribution in [0.25, 0.3) is 11.2 Å². The topological polar surface area (TPSA) is 119 Å². The summed E-state index contributed by atoms with van der Waals surface area (Å²) in [4.78, 5) is 40.9. The SMILES string of the molecule is COc1ccccc1Cn1nc(Cn2cnc3c2c(=O)n(C)c(=O)n3C)oc1=O. The van der Waals surface area contributed by atoms with Gasteiger partial charge in [-0.1, -0.05) is 18.2 Å². The standard InChI is InChI=1S/C18H18N6O5/c1-21-15-14(16(25)22(2)17(21)26)23(10-19-15)9-13-20-24(18(27)29-13)8-11-6-4-5-7-12(11)28-3/h4-7,10H,8-9H2,1-3H3. The van der Waals surface area contributed by atoms with Gasteiger partial charge in [-0.2, -0.15) is 4.68 Å². The van der Waals surface area contributed by atoms with Crippen LogP contribution >= 0.6 is 0 Å². The molecule has 0 unspecified atom stereocenters. The number of rotatable bonds is 5. The second kappa shape index (κ2) is 6.93. The molecule has 0 aliphatic carbocycles. The second-order valence-corrected chi connectivity index (χ2v) is 6.48. The lowest BCUT2D eigenvalue weighted by molar-refractivity contribution is 0.405. The van der Waals surface area contributed by atoms with E-state index in [1.807, 2.05) is 18.2 Å². The Labute approximate surface area is 163 Å². The van der Waals surface area contributed by atoms with Gasteiger partial charge in [0.1, 0.15) is 12.3 Å². The van der Waals surface area contributed by atoms with Crippen molar-refractivity contribution < 1.29 is 9.15 Å². The van der Waals surface area contributed by atoms with Gasteiger partial charge in [0.05, 0.1) is 20.0 Å². The van der Waals surface area contributed by atoms with Crippen LogP contribution in [0.2, 0.25) is 0 Å². The van der Waals surface area contributed by atoms with Crippen LogP contribution in [0.3, 0.4) is 0 Å². The number of aromatic nitrogens is 6. The maximum Gasteiger partial charge on any atom is 0.437 e. The van der Waals surface area contributed by atoms with Crippen LogP contribution in [0.5, 0.6) is 5.75 Å². The summed E-state index contributed by atoms with van der Waals surface area (Å²) in [5.74, 6) is 0.115. The fourth-order valence-corrected chi connectivity index (χ4v) is 3.17. The summed E-state index contributed by atoms with van der Waals surface area (Å²) in [6.45, 7) is 0.186. The molecule has 3 heterocycles. The lowest BCUT2D eigenvalue weighted by atomic mass is 10.2. The van der Waals surface area contributed by atoms with E-state index in [4.69, 9.17) is 9.15 Å². The second-order valence-electron chi connectivity index (χ2n) is 6.48. The van der Waals surface area contributed by atoms with Gasteiger partial charge >= 0.3 is 11.4 Å². The molecule has 0 aliphatic rings. The highest BCUT2D eigenvalue weighted by atomic mass is 16.5. The Kier molecular flexibility index (Phi) is 4.41. The molecule has 1 aromatic carbocycles. The predicted octanol–water partition coefficient (Wildman–Crippen LogP) is -0.311. The molecule has 0 bridgehead atoms. The molecule has 3 aromatic heterocycles. The molecule has 4 aromatic rings. The number of fused-ring (bicyclic) bond motifs is 1. The highest BCUT2D eigenvalue weighted by Gasteiger charge is 2.17. The Morgan fingerprint density at radius 1 is 1.07 bits per heavy atom. The number of methoxy groups -OCH3 is 1. The van der Waals surface area contributed by atoms with Crippen molar-refractivity contribution in [3.63, 3.8) is 0 Å². The zero-order chi connectivity index (χ0) is 20.7.